The Morgan fingerprint density at radius 2 is 1.73 bits per heavy atom. The lowest BCUT2D eigenvalue weighted by Crippen LogP contribution is -2.48. The van der Waals surface area contributed by atoms with E-state index < -0.39 is 0 Å². The third-order valence-corrected chi connectivity index (χ3v) is 15.4. The molecule has 0 aliphatic carbocycles. The molecule has 0 spiro atoms. The fraction of sp³-hybridized carbons (Fsp3) is 0.524. The van der Waals surface area contributed by atoms with Crippen LogP contribution >= 0.6 is 10.5 Å². The van der Waals surface area contributed by atoms with E-state index >= 15 is 0 Å². The van der Waals surface area contributed by atoms with E-state index in [0.29, 0.717) is 37.6 Å². The van der Waals surface area contributed by atoms with E-state index in [1.165, 1.54) is 58.0 Å². The van der Waals surface area contributed by atoms with Crippen LogP contribution in [-0.2, 0) is 22.5 Å². The van der Waals surface area contributed by atoms with Crippen LogP contribution in [0.5, 0.6) is 0 Å². The molecule has 10 nitrogen and oxygen atoms in total. The number of rotatable bonds is 25. The first-order valence-corrected chi connectivity index (χ1v) is 29.1. The predicted octanol–water partition coefficient (Wildman–Crippen LogP) is 13.7. The molecule has 0 saturated carbocycles. The second-order valence-corrected chi connectivity index (χ2v) is 23.5. The summed E-state index contributed by atoms with van der Waals surface area (Å²) in [5.74, 6) is 5.25. The average molecular weight is 1050 g/mol. The van der Waals surface area contributed by atoms with E-state index in [1.807, 2.05) is 19.5 Å². The summed E-state index contributed by atoms with van der Waals surface area (Å²) < 4.78 is 8.26. The van der Waals surface area contributed by atoms with Gasteiger partial charge in [-0.3, -0.25) is 25.0 Å². The van der Waals surface area contributed by atoms with Gasteiger partial charge in [0, 0.05) is 85.2 Å². The Hall–Kier alpha value is -4.85. The summed E-state index contributed by atoms with van der Waals surface area (Å²) >= 11 is 0. The number of carbonyl (C=O) groups excluding carboxylic acids is 1. The molecular weight excluding hydrogens is 944 g/mol. The van der Waals surface area contributed by atoms with Gasteiger partial charge in [0.1, 0.15) is 6.29 Å². The highest BCUT2D eigenvalue weighted by molar-refractivity contribution is 8.16. The van der Waals surface area contributed by atoms with Crippen molar-refractivity contribution in [3.05, 3.63) is 133 Å². The molecule has 4 heterocycles. The van der Waals surface area contributed by atoms with Gasteiger partial charge in [-0.1, -0.05) is 118 Å². The summed E-state index contributed by atoms with van der Waals surface area (Å²) in [6.45, 7) is 54.2. The third-order valence-electron chi connectivity index (χ3n) is 14.3. The minimum Gasteiger partial charge on any atom is -0.501 e. The van der Waals surface area contributed by atoms with Gasteiger partial charge in [-0.2, -0.15) is 10.5 Å². The van der Waals surface area contributed by atoms with E-state index in [1.54, 1.807) is 6.26 Å². The van der Waals surface area contributed by atoms with E-state index in [-0.39, 0.29) is 21.8 Å². The van der Waals surface area contributed by atoms with Crippen LogP contribution in [0.4, 0.5) is 0 Å². The molecule has 2 aromatic rings. The van der Waals surface area contributed by atoms with Gasteiger partial charge in [0.15, 0.2) is 0 Å². The largest absolute Gasteiger partial charge is 0.501 e. The molecule has 2 saturated heterocycles. The summed E-state index contributed by atoms with van der Waals surface area (Å²) in [7, 11) is 6.31. The smallest absolute Gasteiger partial charge is 0.219 e. The molecule has 3 aliphatic heterocycles. The maximum atomic E-state index is 9.06. The van der Waals surface area contributed by atoms with Gasteiger partial charge in [-0.05, 0) is 156 Å². The first-order chi connectivity index (χ1) is 35.6. The molecule has 2 fully saturated rings. The minimum atomic E-state index is -0.126. The molecule has 0 amide bonds. The zero-order valence-corrected chi connectivity index (χ0v) is 50.3. The van der Waals surface area contributed by atoms with Crippen LogP contribution in [0.25, 0.3) is 22.7 Å². The number of aldehydes is 1. The van der Waals surface area contributed by atoms with Crippen molar-refractivity contribution in [1.29, 1.82) is 0 Å². The summed E-state index contributed by atoms with van der Waals surface area (Å²) in [5.41, 5.74) is 10.3. The van der Waals surface area contributed by atoms with Crippen LogP contribution in [0, 0.1) is 23.2 Å². The number of hydrogen-bond donors (Lipinski definition) is 1. The lowest BCUT2D eigenvalue weighted by Gasteiger charge is -2.32. The summed E-state index contributed by atoms with van der Waals surface area (Å²) in [4.78, 5) is 29.9. The molecule has 0 radical (unpaired) electrons. The summed E-state index contributed by atoms with van der Waals surface area (Å²) in [6, 6.07) is 7.26. The Balaban J connectivity index is 0.000000723. The summed E-state index contributed by atoms with van der Waals surface area (Å²) in [6.07, 6.45) is 24.6. The quantitative estimate of drug-likeness (QED) is 0.0202. The highest BCUT2D eigenvalue weighted by Crippen LogP contribution is 2.37. The third kappa shape index (κ3) is 21.6. The topological polar surface area (TPSA) is 80.9 Å². The number of carbonyl (C=O) groups is 1. The van der Waals surface area contributed by atoms with Gasteiger partial charge in [0.2, 0.25) is 6.85 Å². The molecule has 5 rings (SSSR count). The van der Waals surface area contributed by atoms with Gasteiger partial charge < -0.3 is 23.9 Å². The molecule has 75 heavy (non-hydrogen) atoms. The lowest BCUT2D eigenvalue weighted by molar-refractivity contribution is -0.104. The van der Waals surface area contributed by atoms with Gasteiger partial charge in [0.05, 0.1) is 24.6 Å². The molecule has 4 unspecified atom stereocenters. The minimum absolute atomic E-state index is 0.0330. The normalized spacial score (nSPS) is 17.5. The van der Waals surface area contributed by atoms with Crippen molar-refractivity contribution in [2.75, 3.05) is 73.5 Å². The predicted molar refractivity (Wildman–Crippen MR) is 337 cm³/mol. The van der Waals surface area contributed by atoms with Crippen molar-refractivity contribution in [1.82, 2.24) is 29.4 Å². The number of aliphatic imine (C=N–C) groups is 2. The number of benzene rings is 1. The SMILES string of the molecule is C=CC=O.C=CN(C)C(C(=C)S(=C)C)C(C)C.C=COCC(C)(C)Cc1c(/C=C(/N=CC(=C)C2=CCN(C)CC2)C(C)CC)n(CC)c2ccc(/C(=C/C)N=C(C)CC(C=C)CN3CCCB3C)cc12.CN1CNC1. The molecule has 1 N–H and O–H groups in total. The number of ether oxygens (including phenoxy) is 1. The Labute approximate surface area is 460 Å². The molecule has 4 atom stereocenters. The fourth-order valence-electron chi connectivity index (χ4n) is 9.50. The zero-order chi connectivity index (χ0) is 56.4. The Kier molecular flexibility index (Phi) is 30.1. The number of aromatic nitrogens is 1. The van der Waals surface area contributed by atoms with Crippen molar-refractivity contribution in [3.63, 3.8) is 0 Å². The number of likely N-dealkylation sites (N-methyl/N-ethyl adjacent to an activating group) is 2. The molecule has 1 aromatic carbocycles. The van der Waals surface area contributed by atoms with E-state index in [2.05, 4.69) is 207 Å². The van der Waals surface area contributed by atoms with Crippen LogP contribution in [0.1, 0.15) is 105 Å². The second-order valence-electron chi connectivity index (χ2n) is 21.7. The number of allylic oxidation sites excluding steroid dienone is 4. The standard InChI is InChI=1S/C46H68BN5O.C11H21NS.C3H8N2.C3H4O/c1-13-34(6)43(48-31-35(7)38-21-25-50(12)26-22-38)29-45-41(30-46(9,10)33-53-17-5)40-28-39(19-20-44(40)52(45)16-4)42(15-3)49-36(8)27-37(14-2)32-51-24-18-23-47(51)11;1-8-12(5)11(9(2)3)10(4)13(6)7;1-5-2-4-3-5;1-2-3-4/h14-15,17,19-21,28-29,31,34,37H,2,5,7,13,16,18,22-27,30,32-33H2,1,3-4,6,8-12H3;8-9,11H,1,4,6H2,2-3,5,7H3;4H,2-3H2,1H3;2-3H,1H2/b42-15-,43-29+,48-31?,49-36?;;;. The molecule has 1 aromatic heterocycles. The maximum absolute atomic E-state index is 9.06. The molecule has 3 aliphatic rings. The number of hydrogen-bond acceptors (Lipinski definition) is 9. The Morgan fingerprint density at radius 3 is 2.20 bits per heavy atom. The molecule has 414 valence electrons. The number of aryl methyl sites for hydroxylation is 1. The van der Waals surface area contributed by atoms with Crippen molar-refractivity contribution in [2.45, 2.75) is 120 Å². The zero-order valence-electron chi connectivity index (χ0n) is 49.5. The first kappa shape index (κ1) is 66.3. The van der Waals surface area contributed by atoms with Gasteiger partial charge in [0.25, 0.3) is 0 Å². The Morgan fingerprint density at radius 1 is 1.07 bits per heavy atom. The van der Waals surface area contributed by atoms with Crippen LogP contribution in [-0.4, -0.2) is 135 Å². The van der Waals surface area contributed by atoms with Gasteiger partial charge in [-0.25, -0.2) is 0 Å². The highest BCUT2D eigenvalue weighted by Gasteiger charge is 2.28. The van der Waals surface area contributed by atoms with Crippen LogP contribution in [0.15, 0.2) is 126 Å². The number of nitrogens with zero attached hydrogens (tertiary/aromatic N) is 7. The average Bonchev–Trinajstić information content (AvgIpc) is 3.92. The van der Waals surface area contributed by atoms with Gasteiger partial charge >= 0.3 is 0 Å². The number of fused-ring (bicyclic) bond motifs is 1. The van der Waals surface area contributed by atoms with Crippen LogP contribution in [0.3, 0.4) is 0 Å². The van der Waals surface area contributed by atoms with Crippen molar-refractivity contribution < 1.29 is 9.53 Å². The van der Waals surface area contributed by atoms with Crippen LogP contribution < -0.4 is 5.32 Å². The van der Waals surface area contributed by atoms with Crippen molar-refractivity contribution in [3.8, 4) is 0 Å². The summed E-state index contributed by atoms with van der Waals surface area (Å²) in [5, 5.41) is 4.35. The molecule has 12 heteroatoms. The molecule has 0 bridgehead atoms. The number of nitrogens with one attached hydrogen (secondary N) is 1. The molecular formula is C63H101BN8O2S. The maximum Gasteiger partial charge on any atom is 0.219 e. The van der Waals surface area contributed by atoms with Gasteiger partial charge in [-0.15, -0.1) is 6.58 Å². The van der Waals surface area contributed by atoms with Crippen molar-refractivity contribution in [2.24, 2.45) is 33.2 Å². The van der Waals surface area contributed by atoms with Crippen LogP contribution in [0.2, 0.25) is 13.1 Å². The first-order valence-electron chi connectivity index (χ1n) is 27.3. The van der Waals surface area contributed by atoms with Crippen molar-refractivity contribution >= 4 is 64.1 Å². The highest BCUT2D eigenvalue weighted by atomic mass is 32.2. The fourth-order valence-corrected chi connectivity index (χ4v) is 10.4. The van der Waals surface area contributed by atoms with E-state index in [9.17, 15) is 0 Å². The lowest BCUT2D eigenvalue weighted by atomic mass is 9.62. The second kappa shape index (κ2) is 34.0. The van der Waals surface area contributed by atoms with E-state index in [4.69, 9.17) is 19.5 Å². The van der Waals surface area contributed by atoms with E-state index in [0.717, 1.165) is 93.4 Å². The monoisotopic (exact) mass is 1040 g/mol. The Bertz CT molecular complexity index is 2380.